The molecule has 1 N–H and O–H groups in total. The molecular formula is C20H22Cl2N2O3. The van der Waals surface area contributed by atoms with Crippen molar-refractivity contribution in [2.75, 3.05) is 26.2 Å². The maximum Gasteiger partial charge on any atom is 0.261 e. The van der Waals surface area contributed by atoms with Gasteiger partial charge in [0.05, 0.1) is 6.04 Å². The Morgan fingerprint density at radius 2 is 2.00 bits per heavy atom. The van der Waals surface area contributed by atoms with Gasteiger partial charge in [-0.1, -0.05) is 35.9 Å². The topological polar surface area (TPSA) is 58.6 Å². The Balaban J connectivity index is 0.00000261. The Morgan fingerprint density at radius 3 is 2.74 bits per heavy atom. The van der Waals surface area contributed by atoms with Gasteiger partial charge in [0.15, 0.2) is 12.4 Å². The number of nitrogens with one attached hydrogen (secondary N) is 1. The molecule has 0 bridgehead atoms. The van der Waals surface area contributed by atoms with E-state index >= 15 is 0 Å². The summed E-state index contributed by atoms with van der Waals surface area (Å²) in [5.74, 6) is 0.384. The number of Topliss-reactive ketones (excluding diaryl/α,β-unsaturated/α-hetero) is 1. The van der Waals surface area contributed by atoms with Crippen molar-refractivity contribution in [1.29, 1.82) is 0 Å². The van der Waals surface area contributed by atoms with Crippen molar-refractivity contribution in [2.45, 2.75) is 13.0 Å². The van der Waals surface area contributed by atoms with Gasteiger partial charge in [-0.25, -0.2) is 0 Å². The third kappa shape index (κ3) is 5.45. The number of rotatable bonds is 5. The largest absolute Gasteiger partial charge is 0.484 e. The van der Waals surface area contributed by atoms with Gasteiger partial charge in [-0.05, 0) is 36.8 Å². The molecule has 1 unspecified atom stereocenters. The quantitative estimate of drug-likeness (QED) is 0.768. The molecule has 2 aromatic rings. The number of amides is 1. The lowest BCUT2D eigenvalue weighted by Gasteiger charge is -2.36. The molecule has 1 heterocycles. The maximum absolute atomic E-state index is 12.7. The van der Waals surface area contributed by atoms with Crippen molar-refractivity contribution >= 4 is 35.7 Å². The number of benzene rings is 2. The summed E-state index contributed by atoms with van der Waals surface area (Å²) in [6.07, 6.45) is 0. The van der Waals surface area contributed by atoms with Crippen LogP contribution in [0, 0.1) is 0 Å². The van der Waals surface area contributed by atoms with Crippen LogP contribution in [0.5, 0.6) is 5.75 Å². The van der Waals surface area contributed by atoms with Gasteiger partial charge >= 0.3 is 0 Å². The number of carbonyl (C=O) groups is 2. The maximum atomic E-state index is 12.7. The lowest BCUT2D eigenvalue weighted by Crippen LogP contribution is -2.50. The predicted molar refractivity (Wildman–Crippen MR) is 108 cm³/mol. The molecule has 0 spiro atoms. The minimum absolute atomic E-state index is 0. The van der Waals surface area contributed by atoms with Crippen LogP contribution in [0.15, 0.2) is 48.5 Å². The third-order valence-corrected chi connectivity index (χ3v) is 4.64. The highest BCUT2D eigenvalue weighted by molar-refractivity contribution is 6.30. The zero-order valence-electron chi connectivity index (χ0n) is 15.0. The SMILES string of the molecule is CC(=O)c1cccc(OCC(=O)N2CCNCC2c2cccc(Cl)c2)c1.Cl. The fraction of sp³-hybridized carbons (Fsp3) is 0.300. The minimum atomic E-state index is -0.0929. The third-order valence-electron chi connectivity index (χ3n) is 4.40. The van der Waals surface area contributed by atoms with Gasteiger partial charge in [0, 0.05) is 30.2 Å². The molecule has 0 aliphatic carbocycles. The molecule has 0 saturated carbocycles. The highest BCUT2D eigenvalue weighted by atomic mass is 35.5. The van der Waals surface area contributed by atoms with Crippen molar-refractivity contribution in [1.82, 2.24) is 10.2 Å². The number of ketones is 1. The van der Waals surface area contributed by atoms with Crippen molar-refractivity contribution < 1.29 is 14.3 Å². The fourth-order valence-electron chi connectivity index (χ4n) is 3.05. The van der Waals surface area contributed by atoms with Crippen LogP contribution < -0.4 is 10.1 Å². The Labute approximate surface area is 170 Å². The Bertz CT molecular complexity index is 813. The molecule has 3 rings (SSSR count). The van der Waals surface area contributed by atoms with Crippen LogP contribution in [0.25, 0.3) is 0 Å². The highest BCUT2D eigenvalue weighted by Crippen LogP contribution is 2.25. The highest BCUT2D eigenvalue weighted by Gasteiger charge is 2.28. The van der Waals surface area contributed by atoms with Crippen LogP contribution in [-0.2, 0) is 4.79 Å². The van der Waals surface area contributed by atoms with E-state index in [-0.39, 0.29) is 36.7 Å². The zero-order chi connectivity index (χ0) is 18.5. The van der Waals surface area contributed by atoms with E-state index in [4.69, 9.17) is 16.3 Å². The average Bonchev–Trinajstić information content (AvgIpc) is 2.66. The van der Waals surface area contributed by atoms with Gasteiger partial charge in [-0.2, -0.15) is 0 Å². The van der Waals surface area contributed by atoms with Crippen molar-refractivity contribution in [3.8, 4) is 5.75 Å². The zero-order valence-corrected chi connectivity index (χ0v) is 16.6. The first-order valence-corrected chi connectivity index (χ1v) is 8.92. The Hall–Kier alpha value is -2.08. The van der Waals surface area contributed by atoms with Crippen molar-refractivity contribution in [3.63, 3.8) is 0 Å². The van der Waals surface area contributed by atoms with Crippen LogP contribution >= 0.6 is 24.0 Å². The molecule has 0 radical (unpaired) electrons. The van der Waals surface area contributed by atoms with Crippen molar-refractivity contribution in [3.05, 3.63) is 64.7 Å². The van der Waals surface area contributed by atoms with Crippen LogP contribution in [-0.4, -0.2) is 42.8 Å². The van der Waals surface area contributed by atoms with E-state index < -0.39 is 0 Å². The molecule has 1 atom stereocenters. The monoisotopic (exact) mass is 408 g/mol. The second kappa shape index (κ2) is 9.74. The van der Waals surface area contributed by atoms with Crippen LogP contribution in [0.1, 0.15) is 28.9 Å². The van der Waals surface area contributed by atoms with Gasteiger partial charge in [-0.3, -0.25) is 9.59 Å². The lowest BCUT2D eigenvalue weighted by molar-refractivity contribution is -0.136. The standard InChI is InChI=1S/C20H21ClN2O3.ClH/c1-14(24)15-4-3-7-18(11-15)26-13-20(25)23-9-8-22-12-19(23)16-5-2-6-17(21)10-16;/h2-7,10-11,19,22H,8-9,12-13H2,1H3;1H. The van der Waals surface area contributed by atoms with Crippen LogP contribution in [0.4, 0.5) is 0 Å². The predicted octanol–water partition coefficient (Wildman–Crippen LogP) is 3.52. The Kier molecular flexibility index (Phi) is 7.66. The summed E-state index contributed by atoms with van der Waals surface area (Å²) in [5.41, 5.74) is 1.56. The van der Waals surface area contributed by atoms with Gasteiger partial charge < -0.3 is 15.0 Å². The van der Waals surface area contributed by atoms with Gasteiger partial charge in [0.2, 0.25) is 0 Å². The Morgan fingerprint density at radius 1 is 1.22 bits per heavy atom. The van der Waals surface area contributed by atoms with E-state index in [1.807, 2.05) is 29.2 Å². The van der Waals surface area contributed by atoms with Crippen LogP contribution in [0.3, 0.4) is 0 Å². The first-order valence-electron chi connectivity index (χ1n) is 8.54. The summed E-state index contributed by atoms with van der Waals surface area (Å²) in [6.45, 7) is 3.44. The number of hydrogen-bond donors (Lipinski definition) is 1. The second-order valence-corrected chi connectivity index (χ2v) is 6.67. The second-order valence-electron chi connectivity index (χ2n) is 6.23. The summed E-state index contributed by atoms with van der Waals surface area (Å²) in [5, 5.41) is 3.97. The molecule has 7 heteroatoms. The van der Waals surface area contributed by atoms with E-state index in [9.17, 15) is 9.59 Å². The first kappa shape index (κ1) is 21.2. The van der Waals surface area contributed by atoms with E-state index in [0.717, 1.165) is 12.1 Å². The van der Waals surface area contributed by atoms with E-state index in [0.29, 0.717) is 29.4 Å². The molecule has 27 heavy (non-hydrogen) atoms. The number of hydrogen-bond acceptors (Lipinski definition) is 4. The molecule has 2 aromatic carbocycles. The first-order chi connectivity index (χ1) is 12.5. The lowest BCUT2D eigenvalue weighted by atomic mass is 10.0. The summed E-state index contributed by atoms with van der Waals surface area (Å²) >= 11 is 6.10. The summed E-state index contributed by atoms with van der Waals surface area (Å²) in [7, 11) is 0. The molecule has 5 nitrogen and oxygen atoms in total. The number of ether oxygens (including phenoxy) is 1. The van der Waals surface area contributed by atoms with Gasteiger partial charge in [-0.15, -0.1) is 12.4 Å². The normalized spacial score (nSPS) is 16.4. The number of halogens is 2. The smallest absolute Gasteiger partial charge is 0.261 e. The van der Waals surface area contributed by atoms with E-state index in [1.165, 1.54) is 6.92 Å². The average molecular weight is 409 g/mol. The molecular weight excluding hydrogens is 387 g/mol. The molecule has 1 amide bonds. The van der Waals surface area contributed by atoms with Gasteiger partial charge in [0.1, 0.15) is 5.75 Å². The van der Waals surface area contributed by atoms with Crippen LogP contribution in [0.2, 0.25) is 5.02 Å². The summed E-state index contributed by atoms with van der Waals surface area (Å²) in [6, 6.07) is 14.4. The number of carbonyl (C=O) groups excluding carboxylic acids is 2. The van der Waals surface area contributed by atoms with Gasteiger partial charge in [0.25, 0.3) is 5.91 Å². The number of nitrogens with zero attached hydrogens (tertiary/aromatic N) is 1. The molecule has 1 fully saturated rings. The molecule has 0 aromatic heterocycles. The summed E-state index contributed by atoms with van der Waals surface area (Å²) in [4.78, 5) is 26.0. The van der Waals surface area contributed by atoms with Crippen molar-refractivity contribution in [2.24, 2.45) is 0 Å². The minimum Gasteiger partial charge on any atom is -0.484 e. The molecule has 1 aliphatic heterocycles. The summed E-state index contributed by atoms with van der Waals surface area (Å²) < 4.78 is 5.63. The molecule has 144 valence electrons. The molecule has 1 saturated heterocycles. The fourth-order valence-corrected chi connectivity index (χ4v) is 3.25. The van der Waals surface area contributed by atoms with E-state index in [2.05, 4.69) is 5.32 Å². The molecule has 1 aliphatic rings. The number of piperazine rings is 1. The van der Waals surface area contributed by atoms with E-state index in [1.54, 1.807) is 24.3 Å².